The molecule has 2 aliphatic heterocycles. The molecule has 1 aromatic heterocycles. The van der Waals surface area contributed by atoms with Crippen LogP contribution in [0, 0.1) is 17.8 Å². The number of aliphatic carboxylic acids is 1. The van der Waals surface area contributed by atoms with Gasteiger partial charge in [-0.2, -0.15) is 0 Å². The molecule has 7 nitrogen and oxygen atoms in total. The Labute approximate surface area is 169 Å². The van der Waals surface area contributed by atoms with Crippen molar-refractivity contribution in [3.63, 3.8) is 0 Å². The van der Waals surface area contributed by atoms with Crippen LogP contribution in [0.15, 0.2) is 18.2 Å². The fraction of sp³-hybridized carbons (Fsp3) is 0.591. The van der Waals surface area contributed by atoms with Crippen LogP contribution in [-0.4, -0.2) is 60.5 Å². The van der Waals surface area contributed by atoms with Gasteiger partial charge in [0.25, 0.3) is 0 Å². The molecule has 3 heterocycles. The second-order valence-electron chi connectivity index (χ2n) is 8.70. The van der Waals surface area contributed by atoms with Gasteiger partial charge < -0.3 is 29.5 Å². The molecule has 2 fully saturated rings. The number of aliphatic hydroxyl groups excluding tert-OH is 1. The number of piperidine rings is 1. The Balaban J connectivity index is 1.52. The summed E-state index contributed by atoms with van der Waals surface area (Å²) in [5, 5.41) is 23.7. The zero-order valence-corrected chi connectivity index (χ0v) is 16.8. The number of carboxylic acid groups (broad SMARTS) is 1. The van der Waals surface area contributed by atoms with Crippen LogP contribution in [0.5, 0.6) is 5.75 Å². The van der Waals surface area contributed by atoms with Gasteiger partial charge in [0.2, 0.25) is 0 Å². The van der Waals surface area contributed by atoms with E-state index in [1.165, 1.54) is 23.8 Å². The smallest absolute Gasteiger partial charge is 0.120 e. The summed E-state index contributed by atoms with van der Waals surface area (Å²) in [4.78, 5) is 18.0. The summed E-state index contributed by atoms with van der Waals surface area (Å²) in [7, 11) is 3.14. The Bertz CT molecular complexity index is 941. The molecule has 5 rings (SSSR count). The van der Waals surface area contributed by atoms with Crippen molar-refractivity contribution in [3.8, 4) is 5.75 Å². The van der Waals surface area contributed by atoms with Gasteiger partial charge >= 0.3 is 0 Å². The van der Waals surface area contributed by atoms with Crippen molar-refractivity contribution in [1.82, 2.24) is 9.88 Å². The molecule has 0 bridgehead atoms. The van der Waals surface area contributed by atoms with E-state index in [0.717, 1.165) is 37.2 Å². The number of carbonyl (C=O) groups excluding carboxylic acids is 1. The van der Waals surface area contributed by atoms with Crippen molar-refractivity contribution in [1.29, 1.82) is 0 Å². The maximum atomic E-state index is 12.0. The number of ether oxygens (including phenoxy) is 2. The molecule has 0 radical (unpaired) electrons. The first kappa shape index (κ1) is 18.9. The second-order valence-corrected chi connectivity index (χ2v) is 8.70. The number of benzene rings is 1. The molecule has 1 aliphatic carbocycles. The first-order valence-electron chi connectivity index (χ1n) is 10.4. The molecule has 1 saturated carbocycles. The number of nitrogens with one attached hydrogen (secondary N) is 1. The lowest BCUT2D eigenvalue weighted by Crippen LogP contribution is -2.59. The third kappa shape index (κ3) is 2.86. The summed E-state index contributed by atoms with van der Waals surface area (Å²) in [5.74, 6) is -1.01. The van der Waals surface area contributed by atoms with Crippen LogP contribution < -0.4 is 9.84 Å². The van der Waals surface area contributed by atoms with Crippen molar-refractivity contribution < 1.29 is 24.5 Å². The number of rotatable bonds is 3. The van der Waals surface area contributed by atoms with Gasteiger partial charge in [0.1, 0.15) is 5.75 Å². The van der Waals surface area contributed by atoms with Crippen LogP contribution >= 0.6 is 0 Å². The number of hydrogen-bond donors (Lipinski definition) is 2. The summed E-state index contributed by atoms with van der Waals surface area (Å²) in [5.41, 5.74) is 3.57. The van der Waals surface area contributed by atoms with Crippen LogP contribution in [-0.2, 0) is 16.0 Å². The van der Waals surface area contributed by atoms with E-state index in [4.69, 9.17) is 9.47 Å². The van der Waals surface area contributed by atoms with Crippen molar-refractivity contribution in [2.24, 2.45) is 17.8 Å². The number of hydrogen-bond acceptors (Lipinski definition) is 6. The van der Waals surface area contributed by atoms with E-state index in [0.29, 0.717) is 6.42 Å². The Morgan fingerprint density at radius 2 is 2.14 bits per heavy atom. The predicted molar refractivity (Wildman–Crippen MR) is 104 cm³/mol. The third-order valence-electron chi connectivity index (χ3n) is 7.42. The summed E-state index contributed by atoms with van der Waals surface area (Å²) in [6, 6.07) is 6.25. The summed E-state index contributed by atoms with van der Waals surface area (Å²) >= 11 is 0. The Morgan fingerprint density at radius 1 is 1.31 bits per heavy atom. The minimum atomic E-state index is -1.11. The highest BCUT2D eigenvalue weighted by Gasteiger charge is 2.50. The minimum absolute atomic E-state index is 0.0681. The normalized spacial score (nSPS) is 34.3. The Kier molecular flexibility index (Phi) is 4.57. The highest BCUT2D eigenvalue weighted by Crippen LogP contribution is 2.49. The lowest BCUT2D eigenvalue weighted by atomic mass is 9.64. The third-order valence-corrected chi connectivity index (χ3v) is 7.42. The number of aromatic nitrogens is 1. The van der Waals surface area contributed by atoms with Crippen molar-refractivity contribution in [3.05, 3.63) is 29.5 Å². The van der Waals surface area contributed by atoms with Crippen LogP contribution in [0.4, 0.5) is 0 Å². The molecule has 7 heteroatoms. The number of aromatic amines is 1. The average Bonchev–Trinajstić information content (AvgIpc) is 3.09. The highest BCUT2D eigenvalue weighted by atomic mass is 16.5. The van der Waals surface area contributed by atoms with Gasteiger partial charge in [-0.05, 0) is 48.8 Å². The highest BCUT2D eigenvalue weighted by molar-refractivity contribution is 5.86. The number of nitrogens with zero attached hydrogens (tertiary/aromatic N) is 1. The van der Waals surface area contributed by atoms with E-state index < -0.39 is 24.1 Å². The van der Waals surface area contributed by atoms with Crippen molar-refractivity contribution in [2.45, 2.75) is 37.5 Å². The molecule has 0 unspecified atom stereocenters. The van der Waals surface area contributed by atoms with Crippen molar-refractivity contribution in [2.75, 3.05) is 27.3 Å². The van der Waals surface area contributed by atoms with Crippen LogP contribution in [0.3, 0.4) is 0 Å². The fourth-order valence-corrected chi connectivity index (χ4v) is 6.13. The lowest BCUT2D eigenvalue weighted by molar-refractivity contribution is -0.322. The summed E-state index contributed by atoms with van der Waals surface area (Å²) < 4.78 is 10.8. The Hall–Kier alpha value is -2.09. The first-order chi connectivity index (χ1) is 14.0. The molecule has 0 spiro atoms. The van der Waals surface area contributed by atoms with Gasteiger partial charge in [-0.25, -0.2) is 0 Å². The lowest BCUT2D eigenvalue weighted by Gasteiger charge is -2.53. The molecule has 2 aromatic rings. The largest absolute Gasteiger partial charge is 0.550 e. The van der Waals surface area contributed by atoms with E-state index in [-0.39, 0.29) is 17.9 Å². The zero-order chi connectivity index (χ0) is 20.3. The van der Waals surface area contributed by atoms with Gasteiger partial charge in [-0.15, -0.1) is 0 Å². The van der Waals surface area contributed by atoms with Gasteiger partial charge in [0.15, 0.2) is 0 Å². The number of fused-ring (bicyclic) bond motifs is 6. The topological polar surface area (TPSA) is 97.9 Å². The van der Waals surface area contributed by atoms with E-state index in [2.05, 4.69) is 16.0 Å². The molecule has 156 valence electrons. The van der Waals surface area contributed by atoms with Crippen LogP contribution in [0.25, 0.3) is 10.9 Å². The van der Waals surface area contributed by atoms with E-state index in [9.17, 15) is 15.0 Å². The average molecular weight is 399 g/mol. The number of carbonyl (C=O) groups is 1. The van der Waals surface area contributed by atoms with E-state index in [1.807, 2.05) is 12.1 Å². The van der Waals surface area contributed by atoms with Crippen LogP contribution in [0.1, 0.15) is 30.1 Å². The molecule has 2 N–H and O–H groups in total. The van der Waals surface area contributed by atoms with Crippen LogP contribution in [0.2, 0.25) is 0 Å². The van der Waals surface area contributed by atoms with Gasteiger partial charge in [-0.3, -0.25) is 4.90 Å². The monoisotopic (exact) mass is 399 g/mol. The first-order valence-corrected chi connectivity index (χ1v) is 10.4. The molecule has 0 amide bonds. The summed E-state index contributed by atoms with van der Waals surface area (Å²) in [6.45, 7) is 1.74. The minimum Gasteiger partial charge on any atom is -0.550 e. The van der Waals surface area contributed by atoms with E-state index in [1.54, 1.807) is 7.11 Å². The predicted octanol–water partition coefficient (Wildman–Crippen LogP) is 0.857. The van der Waals surface area contributed by atoms with Crippen molar-refractivity contribution >= 4 is 16.9 Å². The molecular weight excluding hydrogens is 372 g/mol. The molecule has 1 aromatic carbocycles. The molecule has 3 aliphatic rings. The van der Waals surface area contributed by atoms with Gasteiger partial charge in [0.05, 0.1) is 25.4 Å². The second kappa shape index (κ2) is 7.00. The quantitative estimate of drug-likeness (QED) is 0.794. The van der Waals surface area contributed by atoms with E-state index >= 15 is 0 Å². The maximum Gasteiger partial charge on any atom is 0.120 e. The summed E-state index contributed by atoms with van der Waals surface area (Å²) in [6.07, 6.45) is 0.798. The number of H-pyrrole nitrogens is 1. The standard InChI is InChI=1S/C22H28N2O5/c1-28-12-3-4-13-14-5-6-24-10-11-7-18(25)21(29-2)19(22(26)27)15(11)9-17(24)20(14)23-16(13)8-12/h3-4,8,11,15,17-19,21,23,25H,5-7,9-10H2,1-2H3,(H,26,27)/p-1/t11-,15+,17-,18-,19+,21+/m1/s1. The number of aliphatic hydroxyl groups is 1. The molecular formula is C22H27N2O5-. The van der Waals surface area contributed by atoms with Gasteiger partial charge in [0, 0.05) is 54.7 Å². The number of carboxylic acids is 1. The Morgan fingerprint density at radius 3 is 2.86 bits per heavy atom. The molecule has 1 saturated heterocycles. The molecule has 29 heavy (non-hydrogen) atoms. The zero-order valence-electron chi connectivity index (χ0n) is 16.8. The fourth-order valence-electron chi connectivity index (χ4n) is 6.13. The van der Waals surface area contributed by atoms with Gasteiger partial charge in [-0.1, -0.05) is 0 Å². The molecule has 6 atom stereocenters. The SMILES string of the molecule is COc1ccc2c3c([nH]c2c1)[C@H]1C[C@H]2[C@H](C[C@@H](O)[C@H](OC)[C@H]2C(=O)[O-])CN1CC3. The maximum absolute atomic E-state index is 12.0. The number of methoxy groups -OCH3 is 2.